The maximum Gasteiger partial charge on any atom is 0.254 e. The molecule has 1 heterocycles. The summed E-state index contributed by atoms with van der Waals surface area (Å²) in [5, 5.41) is 0. The zero-order valence-corrected chi connectivity index (χ0v) is 13.5. The highest BCUT2D eigenvalue weighted by Crippen LogP contribution is 2.32. The number of carbonyl (C=O) groups excluding carboxylic acids is 1. The molecule has 23 heavy (non-hydrogen) atoms. The van der Waals surface area contributed by atoms with Gasteiger partial charge in [-0.25, -0.2) is 0 Å². The number of anilines is 1. The fraction of sp³-hybridized carbons (Fsp3) is 0.316. The van der Waals surface area contributed by atoms with Crippen molar-refractivity contribution in [3.05, 3.63) is 65.7 Å². The van der Waals surface area contributed by atoms with Crippen LogP contribution in [0.2, 0.25) is 0 Å². The third kappa shape index (κ3) is 3.08. The number of hydrogen-bond donors (Lipinski definition) is 1. The Bertz CT molecular complexity index is 687. The van der Waals surface area contributed by atoms with Crippen molar-refractivity contribution in [3.63, 3.8) is 0 Å². The molecule has 0 bridgehead atoms. The summed E-state index contributed by atoms with van der Waals surface area (Å²) in [6.07, 6.45) is -0.114. The lowest BCUT2D eigenvalue weighted by atomic mass is 9.97. The minimum atomic E-state index is -0.114. The topological polar surface area (TPSA) is 55.6 Å². The van der Waals surface area contributed by atoms with Crippen LogP contribution in [0.1, 0.15) is 35.9 Å². The van der Waals surface area contributed by atoms with E-state index in [1.54, 1.807) is 12.1 Å². The molecule has 3 atom stereocenters. The van der Waals surface area contributed by atoms with Crippen LogP contribution in [0.15, 0.2) is 54.6 Å². The Morgan fingerprint density at radius 1 is 1.13 bits per heavy atom. The Balaban J connectivity index is 1.89. The third-order valence-electron chi connectivity index (χ3n) is 4.36. The van der Waals surface area contributed by atoms with Crippen molar-refractivity contribution in [2.24, 2.45) is 0 Å². The second-order valence-corrected chi connectivity index (χ2v) is 6.09. The van der Waals surface area contributed by atoms with Crippen LogP contribution in [0, 0.1) is 0 Å². The van der Waals surface area contributed by atoms with Crippen molar-refractivity contribution in [3.8, 4) is 0 Å². The van der Waals surface area contributed by atoms with Gasteiger partial charge in [0.15, 0.2) is 0 Å². The van der Waals surface area contributed by atoms with Gasteiger partial charge in [-0.15, -0.1) is 0 Å². The maximum atomic E-state index is 13.0. The molecule has 1 fully saturated rings. The summed E-state index contributed by atoms with van der Waals surface area (Å²) in [6.45, 7) is 4.58. The SMILES string of the molecule is C[C@@H]1CO[C@H](c2ccccc2)[C@@H](C)N1C(=O)c1cccc(N)c1. The van der Waals surface area contributed by atoms with Gasteiger partial charge in [-0.2, -0.15) is 0 Å². The first-order valence-corrected chi connectivity index (χ1v) is 7.92. The number of morpholine rings is 1. The summed E-state index contributed by atoms with van der Waals surface area (Å²) in [7, 11) is 0. The standard InChI is InChI=1S/C19H22N2O2/c1-13-12-23-18(15-7-4-3-5-8-15)14(2)21(13)19(22)16-9-6-10-17(20)11-16/h3-11,13-14,18H,12,20H2,1-2H3/t13-,14-,18+/m1/s1. The highest BCUT2D eigenvalue weighted by Gasteiger charge is 2.37. The van der Waals surface area contributed by atoms with Crippen LogP contribution in [0.3, 0.4) is 0 Å². The summed E-state index contributed by atoms with van der Waals surface area (Å²) in [6, 6.07) is 17.2. The molecule has 120 valence electrons. The van der Waals surface area contributed by atoms with Gasteiger partial charge in [0, 0.05) is 11.3 Å². The van der Waals surface area contributed by atoms with Crippen LogP contribution in [0.25, 0.3) is 0 Å². The average Bonchev–Trinajstić information content (AvgIpc) is 2.55. The van der Waals surface area contributed by atoms with E-state index in [4.69, 9.17) is 10.5 Å². The Morgan fingerprint density at radius 3 is 2.57 bits per heavy atom. The molecule has 2 aromatic rings. The lowest BCUT2D eigenvalue weighted by Gasteiger charge is -2.44. The van der Waals surface area contributed by atoms with Crippen LogP contribution < -0.4 is 5.73 Å². The predicted molar refractivity (Wildman–Crippen MR) is 91.1 cm³/mol. The van der Waals surface area contributed by atoms with Crippen molar-refractivity contribution >= 4 is 11.6 Å². The molecule has 0 aliphatic carbocycles. The molecular formula is C19H22N2O2. The summed E-state index contributed by atoms with van der Waals surface area (Å²) < 4.78 is 6.01. The molecule has 2 N–H and O–H groups in total. The minimum Gasteiger partial charge on any atom is -0.399 e. The molecule has 0 spiro atoms. The average molecular weight is 310 g/mol. The number of nitrogens with two attached hydrogens (primary N) is 1. The van der Waals surface area contributed by atoms with E-state index in [0.29, 0.717) is 17.9 Å². The van der Waals surface area contributed by atoms with Gasteiger partial charge in [0.2, 0.25) is 0 Å². The zero-order valence-electron chi connectivity index (χ0n) is 13.5. The number of nitrogen functional groups attached to an aromatic ring is 1. The highest BCUT2D eigenvalue weighted by atomic mass is 16.5. The molecule has 2 aromatic carbocycles. The second kappa shape index (κ2) is 6.42. The molecule has 0 saturated carbocycles. The van der Waals surface area contributed by atoms with Crippen LogP contribution in [0.5, 0.6) is 0 Å². The Hall–Kier alpha value is -2.33. The van der Waals surface area contributed by atoms with Crippen molar-refractivity contribution < 1.29 is 9.53 Å². The van der Waals surface area contributed by atoms with E-state index >= 15 is 0 Å². The van der Waals surface area contributed by atoms with Crippen LogP contribution in [-0.4, -0.2) is 29.5 Å². The van der Waals surface area contributed by atoms with Crippen molar-refractivity contribution in [2.45, 2.75) is 32.0 Å². The summed E-state index contributed by atoms with van der Waals surface area (Å²) >= 11 is 0. The molecule has 4 nitrogen and oxygen atoms in total. The molecule has 1 aliphatic heterocycles. The van der Waals surface area contributed by atoms with Gasteiger partial charge in [0.25, 0.3) is 5.91 Å². The van der Waals surface area contributed by atoms with Crippen LogP contribution >= 0.6 is 0 Å². The quantitative estimate of drug-likeness (QED) is 0.866. The van der Waals surface area contributed by atoms with Crippen molar-refractivity contribution in [1.82, 2.24) is 4.90 Å². The molecule has 0 aromatic heterocycles. The number of rotatable bonds is 2. The fourth-order valence-electron chi connectivity index (χ4n) is 3.23. The largest absolute Gasteiger partial charge is 0.399 e. The van der Waals surface area contributed by atoms with Gasteiger partial charge < -0.3 is 15.4 Å². The van der Waals surface area contributed by atoms with Gasteiger partial charge in [0.1, 0.15) is 6.10 Å². The normalized spacial score (nSPS) is 24.4. The summed E-state index contributed by atoms with van der Waals surface area (Å²) in [4.78, 5) is 14.9. The third-order valence-corrected chi connectivity index (χ3v) is 4.36. The zero-order chi connectivity index (χ0) is 16.4. The van der Waals surface area contributed by atoms with E-state index in [0.717, 1.165) is 5.56 Å². The van der Waals surface area contributed by atoms with E-state index < -0.39 is 0 Å². The summed E-state index contributed by atoms with van der Waals surface area (Å²) in [5.74, 6) is 0.00142. The number of ether oxygens (including phenoxy) is 1. The maximum absolute atomic E-state index is 13.0. The fourth-order valence-corrected chi connectivity index (χ4v) is 3.23. The monoisotopic (exact) mass is 310 g/mol. The molecule has 1 aliphatic rings. The van der Waals surface area contributed by atoms with Gasteiger partial charge >= 0.3 is 0 Å². The molecule has 0 radical (unpaired) electrons. The molecule has 1 amide bonds. The van der Waals surface area contributed by atoms with Crippen molar-refractivity contribution in [2.75, 3.05) is 12.3 Å². The lowest BCUT2D eigenvalue weighted by molar-refractivity contribution is -0.0806. The highest BCUT2D eigenvalue weighted by molar-refractivity contribution is 5.95. The molecular weight excluding hydrogens is 288 g/mol. The predicted octanol–water partition coefficient (Wildman–Crippen LogP) is 3.26. The molecule has 0 unspecified atom stereocenters. The number of amides is 1. The first-order chi connectivity index (χ1) is 11.1. The Kier molecular flexibility index (Phi) is 4.35. The molecule has 4 heteroatoms. The number of nitrogens with zero attached hydrogens (tertiary/aromatic N) is 1. The Morgan fingerprint density at radius 2 is 1.87 bits per heavy atom. The second-order valence-electron chi connectivity index (χ2n) is 6.09. The van der Waals surface area contributed by atoms with E-state index in [2.05, 4.69) is 0 Å². The van der Waals surface area contributed by atoms with Crippen molar-refractivity contribution in [1.29, 1.82) is 0 Å². The van der Waals surface area contributed by atoms with Gasteiger partial charge in [-0.05, 0) is 37.6 Å². The Labute approximate surface area is 136 Å². The van der Waals surface area contributed by atoms with Crippen LogP contribution in [0.4, 0.5) is 5.69 Å². The first-order valence-electron chi connectivity index (χ1n) is 7.92. The van der Waals surface area contributed by atoms with Gasteiger partial charge in [-0.1, -0.05) is 36.4 Å². The molecule has 3 rings (SSSR count). The summed E-state index contributed by atoms with van der Waals surface area (Å²) in [5.41, 5.74) is 8.14. The number of hydrogen-bond acceptors (Lipinski definition) is 3. The van der Waals surface area contributed by atoms with E-state index in [1.807, 2.05) is 61.2 Å². The van der Waals surface area contributed by atoms with Gasteiger partial charge in [0.05, 0.1) is 18.7 Å². The number of carbonyl (C=O) groups is 1. The van der Waals surface area contributed by atoms with Gasteiger partial charge in [-0.3, -0.25) is 4.79 Å². The lowest BCUT2D eigenvalue weighted by Crippen LogP contribution is -2.53. The first kappa shape index (κ1) is 15.6. The minimum absolute atomic E-state index is 0.00142. The smallest absolute Gasteiger partial charge is 0.254 e. The van der Waals surface area contributed by atoms with E-state index in [1.165, 1.54) is 0 Å². The molecule has 1 saturated heterocycles. The van der Waals surface area contributed by atoms with Crippen LogP contribution in [-0.2, 0) is 4.74 Å². The number of benzene rings is 2. The van der Waals surface area contributed by atoms with E-state index in [9.17, 15) is 4.79 Å². The van der Waals surface area contributed by atoms with E-state index in [-0.39, 0.29) is 24.1 Å².